The molecule has 0 bridgehead atoms. The standard InChI is InChI=1S/C25H33N3O5Te/c1-25(2,3)33-24(31)27-17-23(30)28(19-11-13-20(32-4)14-12-19)18-22(29)26-15-8-16-34-21-9-6-5-7-10-21/h5-7,9-14H,8,15-18H2,1-4H3,(H,26,29)(H,27,31). The van der Waals surface area contributed by atoms with Crippen LogP contribution in [0.25, 0.3) is 0 Å². The number of benzene rings is 2. The van der Waals surface area contributed by atoms with E-state index in [1.54, 1.807) is 52.1 Å². The van der Waals surface area contributed by atoms with Gasteiger partial charge in [-0.2, -0.15) is 0 Å². The van der Waals surface area contributed by atoms with Gasteiger partial charge in [0.2, 0.25) is 0 Å². The van der Waals surface area contributed by atoms with Gasteiger partial charge in [-0.05, 0) is 20.8 Å². The van der Waals surface area contributed by atoms with Gasteiger partial charge in [-0.3, -0.25) is 0 Å². The molecule has 9 heteroatoms. The van der Waals surface area contributed by atoms with E-state index in [-0.39, 0.29) is 39.9 Å². The fourth-order valence-electron chi connectivity index (χ4n) is 2.85. The van der Waals surface area contributed by atoms with E-state index in [1.807, 2.05) is 18.2 Å². The third-order valence-corrected chi connectivity index (χ3v) is 7.56. The number of rotatable bonds is 11. The minimum absolute atomic E-state index is 0.156. The number of alkyl carbamates (subject to hydrolysis) is 1. The molecular weight excluding hydrogens is 550 g/mol. The van der Waals surface area contributed by atoms with Crippen LogP contribution in [0, 0.1) is 0 Å². The molecule has 8 nitrogen and oxygen atoms in total. The molecule has 2 N–H and O–H groups in total. The van der Waals surface area contributed by atoms with Crippen molar-refractivity contribution < 1.29 is 23.9 Å². The number of hydrogen-bond acceptors (Lipinski definition) is 5. The Morgan fingerprint density at radius 2 is 1.65 bits per heavy atom. The predicted molar refractivity (Wildman–Crippen MR) is 134 cm³/mol. The first-order valence-corrected chi connectivity index (χ1v) is 13.8. The molecule has 3 amide bonds. The van der Waals surface area contributed by atoms with E-state index >= 15 is 0 Å². The summed E-state index contributed by atoms with van der Waals surface area (Å²) in [4.78, 5) is 38.7. The van der Waals surface area contributed by atoms with Gasteiger partial charge in [0.15, 0.2) is 0 Å². The van der Waals surface area contributed by atoms with E-state index < -0.39 is 17.6 Å². The van der Waals surface area contributed by atoms with Crippen LogP contribution in [-0.2, 0) is 14.3 Å². The van der Waals surface area contributed by atoms with Gasteiger partial charge in [-0.15, -0.1) is 0 Å². The molecule has 2 aromatic rings. The average molecular weight is 583 g/mol. The van der Waals surface area contributed by atoms with Gasteiger partial charge >= 0.3 is 178 Å². The monoisotopic (exact) mass is 585 g/mol. The molecule has 2 aromatic carbocycles. The number of ether oxygens (including phenoxy) is 2. The molecule has 0 fully saturated rings. The fourth-order valence-corrected chi connectivity index (χ4v) is 5.34. The average Bonchev–Trinajstić information content (AvgIpc) is 2.80. The van der Waals surface area contributed by atoms with Gasteiger partial charge in [0, 0.05) is 0 Å². The first-order valence-electron chi connectivity index (χ1n) is 11.0. The van der Waals surface area contributed by atoms with Crippen LogP contribution >= 0.6 is 0 Å². The Morgan fingerprint density at radius 1 is 0.971 bits per heavy atom. The first-order chi connectivity index (χ1) is 16.2. The van der Waals surface area contributed by atoms with Crippen molar-refractivity contribution in [3.63, 3.8) is 0 Å². The molecule has 0 aliphatic carbocycles. The molecule has 0 radical (unpaired) electrons. The summed E-state index contributed by atoms with van der Waals surface area (Å²) in [6.45, 7) is 5.32. The number of nitrogens with zero attached hydrogens (tertiary/aromatic N) is 1. The van der Waals surface area contributed by atoms with Crippen molar-refractivity contribution in [2.75, 3.05) is 31.6 Å². The summed E-state index contributed by atoms with van der Waals surface area (Å²) in [5, 5.41) is 5.35. The van der Waals surface area contributed by atoms with Crippen molar-refractivity contribution in [2.45, 2.75) is 37.3 Å². The molecule has 0 heterocycles. The second-order valence-electron chi connectivity index (χ2n) is 8.40. The Balaban J connectivity index is 1.90. The topological polar surface area (TPSA) is 97.0 Å². The molecule has 0 atom stereocenters. The van der Waals surface area contributed by atoms with Crippen molar-refractivity contribution in [3.05, 3.63) is 54.6 Å². The summed E-state index contributed by atoms with van der Waals surface area (Å²) in [7, 11) is 1.55. The Hall–Kier alpha value is -2.76. The van der Waals surface area contributed by atoms with Crippen molar-refractivity contribution in [1.29, 1.82) is 0 Å². The van der Waals surface area contributed by atoms with Crippen molar-refractivity contribution in [1.82, 2.24) is 10.6 Å². The molecule has 0 saturated heterocycles. The number of carbonyl (C=O) groups excluding carboxylic acids is 3. The molecule has 0 spiro atoms. The number of anilines is 1. The van der Waals surface area contributed by atoms with Gasteiger partial charge in [-0.1, -0.05) is 0 Å². The van der Waals surface area contributed by atoms with Crippen LogP contribution in [-0.4, -0.2) is 71.2 Å². The van der Waals surface area contributed by atoms with Gasteiger partial charge < -0.3 is 0 Å². The van der Waals surface area contributed by atoms with Crippen LogP contribution in [0.3, 0.4) is 0 Å². The molecule has 2 rings (SSSR count). The molecule has 184 valence electrons. The van der Waals surface area contributed by atoms with Crippen molar-refractivity contribution in [2.24, 2.45) is 0 Å². The van der Waals surface area contributed by atoms with Crippen LogP contribution in [0.4, 0.5) is 10.5 Å². The number of hydrogen-bond donors (Lipinski definition) is 2. The second kappa shape index (κ2) is 13.8. The van der Waals surface area contributed by atoms with Crippen LogP contribution < -0.4 is 23.9 Å². The third-order valence-electron chi connectivity index (χ3n) is 4.42. The molecule has 0 saturated carbocycles. The van der Waals surface area contributed by atoms with E-state index in [0.29, 0.717) is 18.0 Å². The van der Waals surface area contributed by atoms with E-state index in [1.165, 1.54) is 8.51 Å². The first kappa shape index (κ1) is 27.5. The van der Waals surface area contributed by atoms with Crippen molar-refractivity contribution in [3.8, 4) is 5.75 Å². The zero-order chi connectivity index (χ0) is 25.0. The summed E-state index contributed by atoms with van der Waals surface area (Å²) in [5.74, 6) is -0.0567. The number of methoxy groups -OCH3 is 1. The van der Waals surface area contributed by atoms with E-state index in [4.69, 9.17) is 9.47 Å². The summed E-state index contributed by atoms with van der Waals surface area (Å²) < 4.78 is 12.8. The fraction of sp³-hybridized carbons (Fsp3) is 0.400. The predicted octanol–water partition coefficient (Wildman–Crippen LogP) is 2.51. The summed E-state index contributed by atoms with van der Waals surface area (Å²) in [6.07, 6.45) is 0.196. The van der Waals surface area contributed by atoms with Crippen LogP contribution in [0.1, 0.15) is 27.2 Å². The quantitative estimate of drug-likeness (QED) is 0.313. The number of nitrogens with one attached hydrogen (secondary N) is 2. The zero-order valence-corrected chi connectivity index (χ0v) is 22.5. The zero-order valence-electron chi connectivity index (χ0n) is 20.1. The minimum atomic E-state index is -0.692. The van der Waals surface area contributed by atoms with E-state index in [9.17, 15) is 14.4 Å². The second-order valence-corrected chi connectivity index (χ2v) is 11.7. The summed E-state index contributed by atoms with van der Waals surface area (Å²) >= 11 is -0.264. The van der Waals surface area contributed by atoms with Gasteiger partial charge in [-0.25, -0.2) is 0 Å². The van der Waals surface area contributed by atoms with Gasteiger partial charge in [0.05, 0.1) is 7.11 Å². The SMILES string of the molecule is COc1ccc(N(CC(=O)NCCC[Te]c2ccccc2)C(=O)CNC(=O)OC(C)(C)C)cc1. The van der Waals surface area contributed by atoms with Crippen LogP contribution in [0.15, 0.2) is 54.6 Å². The molecule has 0 unspecified atom stereocenters. The molecule has 0 aromatic heterocycles. The van der Waals surface area contributed by atoms with Crippen molar-refractivity contribution >= 4 is 48.1 Å². The Labute approximate surface area is 211 Å². The maximum absolute atomic E-state index is 12.9. The number of carbonyl (C=O) groups is 3. The molecule has 0 aliphatic rings. The third kappa shape index (κ3) is 10.4. The Bertz CT molecular complexity index is 930. The van der Waals surface area contributed by atoms with Crippen LogP contribution in [0.2, 0.25) is 4.47 Å². The Kier molecular flexibility index (Phi) is 11.2. The molecule has 34 heavy (non-hydrogen) atoms. The normalized spacial score (nSPS) is 10.8. The number of amides is 3. The Morgan fingerprint density at radius 3 is 2.26 bits per heavy atom. The van der Waals surface area contributed by atoms with E-state index in [2.05, 4.69) is 22.8 Å². The van der Waals surface area contributed by atoms with Gasteiger partial charge in [0.25, 0.3) is 0 Å². The summed E-state index contributed by atoms with van der Waals surface area (Å²) in [5.41, 5.74) is -0.144. The summed E-state index contributed by atoms with van der Waals surface area (Å²) in [6, 6.07) is 17.2. The van der Waals surface area contributed by atoms with Gasteiger partial charge in [0.1, 0.15) is 5.60 Å². The maximum atomic E-state index is 12.9. The van der Waals surface area contributed by atoms with E-state index in [0.717, 1.165) is 10.9 Å². The molecular formula is C25H33N3O5Te. The van der Waals surface area contributed by atoms with Crippen LogP contribution in [0.5, 0.6) is 5.75 Å². The molecule has 0 aliphatic heterocycles.